The Hall–Kier alpha value is -0.770. The summed E-state index contributed by atoms with van der Waals surface area (Å²) in [6.45, 7) is 7.32. The molecule has 4 nitrogen and oxygen atoms in total. The van der Waals surface area contributed by atoms with Crippen molar-refractivity contribution in [3.8, 4) is 0 Å². The van der Waals surface area contributed by atoms with Gasteiger partial charge in [0.1, 0.15) is 6.61 Å². The van der Waals surface area contributed by atoms with Gasteiger partial charge in [-0.3, -0.25) is 0 Å². The molecule has 0 saturated carbocycles. The maximum absolute atomic E-state index is 11.3. The number of ether oxygens (including phenoxy) is 1. The van der Waals surface area contributed by atoms with Crippen molar-refractivity contribution in [2.24, 2.45) is 0 Å². The zero-order valence-corrected chi connectivity index (χ0v) is 9.93. The highest BCUT2D eigenvalue weighted by molar-refractivity contribution is 5.68. The van der Waals surface area contributed by atoms with E-state index in [2.05, 4.69) is 10.6 Å². The molecule has 0 spiro atoms. The SMILES string of the molecule is CC(C)(C)NC(=O)OC[C@H]1CCCCN1. The van der Waals surface area contributed by atoms with Gasteiger partial charge in [-0.1, -0.05) is 6.42 Å². The molecule has 1 atom stereocenters. The minimum atomic E-state index is -0.324. The van der Waals surface area contributed by atoms with E-state index in [4.69, 9.17) is 4.74 Å². The van der Waals surface area contributed by atoms with Gasteiger partial charge < -0.3 is 15.4 Å². The summed E-state index contributed by atoms with van der Waals surface area (Å²) in [7, 11) is 0. The van der Waals surface area contributed by atoms with Crippen LogP contribution in [0.15, 0.2) is 0 Å². The van der Waals surface area contributed by atoms with Gasteiger partial charge in [0.15, 0.2) is 0 Å². The van der Waals surface area contributed by atoms with E-state index in [0.717, 1.165) is 13.0 Å². The van der Waals surface area contributed by atoms with E-state index in [-0.39, 0.29) is 11.6 Å². The summed E-state index contributed by atoms with van der Waals surface area (Å²) in [4.78, 5) is 11.3. The molecule has 0 unspecified atom stereocenters. The molecule has 0 radical (unpaired) electrons. The van der Waals surface area contributed by atoms with E-state index < -0.39 is 0 Å². The smallest absolute Gasteiger partial charge is 0.407 e. The van der Waals surface area contributed by atoms with Gasteiger partial charge in [0.25, 0.3) is 0 Å². The third-order valence-electron chi connectivity index (χ3n) is 2.31. The summed E-state index contributed by atoms with van der Waals surface area (Å²) in [6, 6.07) is 0.337. The molecule has 4 heteroatoms. The first-order valence-corrected chi connectivity index (χ1v) is 5.66. The highest BCUT2D eigenvalue weighted by Gasteiger charge is 2.17. The average Bonchev–Trinajstić information content (AvgIpc) is 2.14. The minimum Gasteiger partial charge on any atom is -0.448 e. The van der Waals surface area contributed by atoms with Gasteiger partial charge in [0, 0.05) is 11.6 Å². The van der Waals surface area contributed by atoms with Crippen LogP contribution < -0.4 is 10.6 Å². The van der Waals surface area contributed by atoms with Gasteiger partial charge in [0.2, 0.25) is 0 Å². The number of carbonyl (C=O) groups is 1. The fraction of sp³-hybridized carbons (Fsp3) is 0.909. The van der Waals surface area contributed by atoms with Gasteiger partial charge in [-0.2, -0.15) is 0 Å². The molecule has 1 amide bonds. The third kappa shape index (κ3) is 5.62. The van der Waals surface area contributed by atoms with E-state index in [1.165, 1.54) is 12.8 Å². The quantitative estimate of drug-likeness (QED) is 0.735. The van der Waals surface area contributed by atoms with Crippen LogP contribution in [-0.4, -0.2) is 30.8 Å². The molecule has 1 saturated heterocycles. The van der Waals surface area contributed by atoms with Crippen LogP contribution in [0.4, 0.5) is 4.79 Å². The summed E-state index contributed by atoms with van der Waals surface area (Å²) < 4.78 is 5.14. The lowest BCUT2D eigenvalue weighted by Crippen LogP contribution is -2.44. The first-order valence-electron chi connectivity index (χ1n) is 5.66. The molecule has 1 fully saturated rings. The fourth-order valence-electron chi connectivity index (χ4n) is 1.58. The molecule has 15 heavy (non-hydrogen) atoms. The highest BCUT2D eigenvalue weighted by atomic mass is 16.5. The lowest BCUT2D eigenvalue weighted by molar-refractivity contribution is 0.121. The molecule has 1 aliphatic rings. The Morgan fingerprint density at radius 3 is 2.73 bits per heavy atom. The van der Waals surface area contributed by atoms with Crippen molar-refractivity contribution in [3.63, 3.8) is 0 Å². The number of hydrogen-bond donors (Lipinski definition) is 2. The number of hydrogen-bond acceptors (Lipinski definition) is 3. The van der Waals surface area contributed by atoms with Gasteiger partial charge in [0.05, 0.1) is 0 Å². The molecule has 1 heterocycles. The van der Waals surface area contributed by atoms with Gasteiger partial charge in [-0.05, 0) is 40.2 Å². The maximum atomic E-state index is 11.3. The van der Waals surface area contributed by atoms with Crippen LogP contribution >= 0.6 is 0 Å². The van der Waals surface area contributed by atoms with Gasteiger partial charge in [-0.15, -0.1) is 0 Å². The number of piperidine rings is 1. The zero-order chi connectivity index (χ0) is 11.3. The molecular weight excluding hydrogens is 192 g/mol. The topological polar surface area (TPSA) is 50.4 Å². The summed E-state index contributed by atoms with van der Waals surface area (Å²) in [5.74, 6) is 0. The first kappa shape index (κ1) is 12.3. The maximum Gasteiger partial charge on any atom is 0.407 e. The Kier molecular flexibility index (Phi) is 4.39. The molecular formula is C11H22N2O2. The molecule has 0 aromatic carbocycles. The molecule has 0 bridgehead atoms. The number of rotatable bonds is 2. The van der Waals surface area contributed by atoms with Crippen molar-refractivity contribution in [2.75, 3.05) is 13.2 Å². The fourth-order valence-corrected chi connectivity index (χ4v) is 1.58. The van der Waals surface area contributed by atoms with Crippen molar-refractivity contribution in [1.82, 2.24) is 10.6 Å². The van der Waals surface area contributed by atoms with Crippen LogP contribution in [0.5, 0.6) is 0 Å². The van der Waals surface area contributed by atoms with Crippen LogP contribution in [0, 0.1) is 0 Å². The normalized spacial score (nSPS) is 22.2. The molecule has 0 aromatic rings. The second-order valence-electron chi connectivity index (χ2n) is 5.12. The zero-order valence-electron chi connectivity index (χ0n) is 9.93. The average molecular weight is 214 g/mol. The van der Waals surface area contributed by atoms with Crippen LogP contribution in [0.25, 0.3) is 0 Å². The van der Waals surface area contributed by atoms with Gasteiger partial charge >= 0.3 is 6.09 Å². The van der Waals surface area contributed by atoms with Crippen LogP contribution in [0.2, 0.25) is 0 Å². The van der Waals surface area contributed by atoms with Crippen LogP contribution in [-0.2, 0) is 4.74 Å². The van der Waals surface area contributed by atoms with E-state index in [1.807, 2.05) is 20.8 Å². The van der Waals surface area contributed by atoms with Crippen molar-refractivity contribution in [1.29, 1.82) is 0 Å². The number of alkyl carbamates (subject to hydrolysis) is 1. The Labute approximate surface area is 91.8 Å². The Morgan fingerprint density at radius 2 is 2.20 bits per heavy atom. The van der Waals surface area contributed by atoms with Crippen LogP contribution in [0.1, 0.15) is 40.0 Å². The van der Waals surface area contributed by atoms with Crippen molar-refractivity contribution in [3.05, 3.63) is 0 Å². The van der Waals surface area contributed by atoms with Gasteiger partial charge in [-0.25, -0.2) is 4.79 Å². The second kappa shape index (κ2) is 5.35. The Balaban J connectivity index is 2.15. The molecule has 0 aliphatic carbocycles. The van der Waals surface area contributed by atoms with E-state index in [1.54, 1.807) is 0 Å². The Morgan fingerprint density at radius 1 is 1.47 bits per heavy atom. The molecule has 88 valence electrons. The number of carbonyl (C=O) groups excluding carboxylic acids is 1. The van der Waals surface area contributed by atoms with Crippen molar-refractivity contribution >= 4 is 6.09 Å². The lowest BCUT2D eigenvalue weighted by Gasteiger charge is -2.25. The standard InChI is InChI=1S/C11H22N2O2/c1-11(2,3)13-10(14)15-8-9-6-4-5-7-12-9/h9,12H,4-8H2,1-3H3,(H,13,14)/t9-/m1/s1. The highest BCUT2D eigenvalue weighted by Crippen LogP contribution is 2.07. The largest absolute Gasteiger partial charge is 0.448 e. The number of nitrogens with one attached hydrogen (secondary N) is 2. The second-order valence-corrected chi connectivity index (χ2v) is 5.12. The molecule has 1 aliphatic heterocycles. The molecule has 1 rings (SSSR count). The van der Waals surface area contributed by atoms with E-state index in [9.17, 15) is 4.79 Å². The lowest BCUT2D eigenvalue weighted by atomic mass is 10.1. The summed E-state index contributed by atoms with van der Waals surface area (Å²) in [5, 5.41) is 6.10. The van der Waals surface area contributed by atoms with Crippen molar-refractivity contribution in [2.45, 2.75) is 51.6 Å². The summed E-state index contributed by atoms with van der Waals surface area (Å²) >= 11 is 0. The monoisotopic (exact) mass is 214 g/mol. The van der Waals surface area contributed by atoms with E-state index >= 15 is 0 Å². The van der Waals surface area contributed by atoms with Crippen LogP contribution in [0.3, 0.4) is 0 Å². The first-order chi connectivity index (χ1) is 6.97. The summed E-state index contributed by atoms with van der Waals surface area (Å²) in [6.07, 6.45) is 3.23. The number of amides is 1. The third-order valence-corrected chi connectivity index (χ3v) is 2.31. The predicted octanol–water partition coefficient (Wildman–Crippen LogP) is 1.65. The molecule has 0 aromatic heterocycles. The minimum absolute atomic E-state index is 0.225. The Bertz CT molecular complexity index is 205. The molecule has 2 N–H and O–H groups in total. The van der Waals surface area contributed by atoms with Crippen molar-refractivity contribution < 1.29 is 9.53 Å². The van der Waals surface area contributed by atoms with E-state index in [0.29, 0.717) is 12.6 Å². The summed E-state index contributed by atoms with van der Waals surface area (Å²) in [5.41, 5.74) is -0.225. The predicted molar refractivity (Wildman–Crippen MR) is 59.9 cm³/mol.